The number of aromatic nitrogens is 2. The standard InChI is InChI=1S/C16H20N4/c1-13-3-2-4-14(9-13)10-15-11-18-16(19-12-15)20-7-5-17-6-8-20/h2-4,9,11-12,17H,5-8,10H2,1H3. The van der Waals surface area contributed by atoms with Crippen LogP contribution in [-0.2, 0) is 6.42 Å². The maximum absolute atomic E-state index is 4.51. The number of hydrogen-bond acceptors (Lipinski definition) is 4. The molecule has 0 atom stereocenters. The first-order valence-electron chi connectivity index (χ1n) is 7.13. The summed E-state index contributed by atoms with van der Waals surface area (Å²) < 4.78 is 0. The molecule has 3 rings (SSSR count). The fraction of sp³-hybridized carbons (Fsp3) is 0.375. The molecule has 1 aromatic heterocycles. The molecule has 0 unspecified atom stereocenters. The number of rotatable bonds is 3. The molecule has 4 heteroatoms. The van der Waals surface area contributed by atoms with Crippen LogP contribution in [0.15, 0.2) is 36.7 Å². The van der Waals surface area contributed by atoms with Crippen LogP contribution in [0.25, 0.3) is 0 Å². The first-order valence-corrected chi connectivity index (χ1v) is 7.13. The summed E-state index contributed by atoms with van der Waals surface area (Å²) in [7, 11) is 0. The lowest BCUT2D eigenvalue weighted by Gasteiger charge is -2.27. The summed E-state index contributed by atoms with van der Waals surface area (Å²) >= 11 is 0. The SMILES string of the molecule is Cc1cccc(Cc2cnc(N3CCNCC3)nc2)c1. The number of hydrogen-bond donors (Lipinski definition) is 1. The Hall–Kier alpha value is -1.94. The minimum atomic E-state index is 0.847. The predicted octanol–water partition coefficient (Wildman–Crippen LogP) is 1.79. The molecule has 0 radical (unpaired) electrons. The minimum absolute atomic E-state index is 0.847. The number of anilines is 1. The molecule has 0 bridgehead atoms. The Bertz CT molecular complexity index is 559. The fourth-order valence-corrected chi connectivity index (χ4v) is 2.53. The zero-order valence-corrected chi connectivity index (χ0v) is 11.8. The molecule has 0 amide bonds. The topological polar surface area (TPSA) is 41.1 Å². The van der Waals surface area contributed by atoms with E-state index in [1.54, 1.807) is 0 Å². The lowest BCUT2D eigenvalue weighted by atomic mass is 10.1. The van der Waals surface area contributed by atoms with Gasteiger partial charge in [-0.05, 0) is 18.1 Å². The summed E-state index contributed by atoms with van der Waals surface area (Å²) in [5.41, 5.74) is 3.76. The Morgan fingerprint density at radius 2 is 1.85 bits per heavy atom. The van der Waals surface area contributed by atoms with E-state index in [1.165, 1.54) is 11.1 Å². The lowest BCUT2D eigenvalue weighted by molar-refractivity contribution is 0.579. The summed E-state index contributed by atoms with van der Waals surface area (Å²) in [6.07, 6.45) is 4.79. The smallest absolute Gasteiger partial charge is 0.225 e. The molecule has 20 heavy (non-hydrogen) atoms. The third kappa shape index (κ3) is 3.14. The monoisotopic (exact) mass is 268 g/mol. The minimum Gasteiger partial charge on any atom is -0.338 e. The molecule has 2 heterocycles. The number of benzene rings is 1. The molecule has 104 valence electrons. The molecule has 1 aliphatic heterocycles. The maximum atomic E-state index is 4.51. The average Bonchev–Trinajstić information content (AvgIpc) is 2.49. The Balaban J connectivity index is 1.69. The highest BCUT2D eigenvalue weighted by Crippen LogP contribution is 2.12. The van der Waals surface area contributed by atoms with E-state index in [0.717, 1.165) is 44.1 Å². The van der Waals surface area contributed by atoms with Crippen molar-refractivity contribution >= 4 is 5.95 Å². The summed E-state index contributed by atoms with van der Waals surface area (Å²) in [4.78, 5) is 11.2. The van der Waals surface area contributed by atoms with Crippen molar-refractivity contribution in [2.24, 2.45) is 0 Å². The molecule has 0 spiro atoms. The van der Waals surface area contributed by atoms with Gasteiger partial charge in [-0.25, -0.2) is 9.97 Å². The van der Waals surface area contributed by atoms with Crippen molar-refractivity contribution in [3.63, 3.8) is 0 Å². The van der Waals surface area contributed by atoms with Crippen LogP contribution in [0.2, 0.25) is 0 Å². The van der Waals surface area contributed by atoms with Crippen molar-refractivity contribution in [2.45, 2.75) is 13.3 Å². The molecule has 0 saturated carbocycles. The molecular formula is C16H20N4. The first kappa shape index (κ1) is 13.1. The zero-order chi connectivity index (χ0) is 13.8. The van der Waals surface area contributed by atoms with E-state index in [9.17, 15) is 0 Å². The van der Waals surface area contributed by atoms with Gasteiger partial charge in [0.2, 0.25) is 5.95 Å². The zero-order valence-electron chi connectivity index (χ0n) is 11.8. The van der Waals surface area contributed by atoms with Gasteiger partial charge in [0.1, 0.15) is 0 Å². The summed E-state index contributed by atoms with van der Waals surface area (Å²) in [6, 6.07) is 8.58. The van der Waals surface area contributed by atoms with Gasteiger partial charge in [0.25, 0.3) is 0 Å². The molecule has 1 N–H and O–H groups in total. The largest absolute Gasteiger partial charge is 0.338 e. The Labute approximate surface area is 119 Å². The van der Waals surface area contributed by atoms with Crippen LogP contribution in [-0.4, -0.2) is 36.1 Å². The van der Waals surface area contributed by atoms with Gasteiger partial charge in [-0.3, -0.25) is 0 Å². The van der Waals surface area contributed by atoms with Gasteiger partial charge in [0, 0.05) is 45.0 Å². The molecular weight excluding hydrogens is 248 g/mol. The highest BCUT2D eigenvalue weighted by Gasteiger charge is 2.12. The second-order valence-electron chi connectivity index (χ2n) is 5.29. The molecule has 0 aliphatic carbocycles. The highest BCUT2D eigenvalue weighted by atomic mass is 15.3. The van der Waals surface area contributed by atoms with Gasteiger partial charge in [-0.1, -0.05) is 29.8 Å². The van der Waals surface area contributed by atoms with Crippen molar-refractivity contribution in [3.8, 4) is 0 Å². The van der Waals surface area contributed by atoms with Gasteiger partial charge in [-0.2, -0.15) is 0 Å². The summed E-state index contributed by atoms with van der Waals surface area (Å²) in [6.45, 7) is 6.10. The number of nitrogens with one attached hydrogen (secondary N) is 1. The number of piperazine rings is 1. The molecule has 1 saturated heterocycles. The second kappa shape index (κ2) is 6.01. The molecule has 1 aromatic carbocycles. The van der Waals surface area contributed by atoms with E-state index in [2.05, 4.69) is 51.4 Å². The molecule has 1 aliphatic rings. The van der Waals surface area contributed by atoms with Crippen molar-refractivity contribution < 1.29 is 0 Å². The van der Waals surface area contributed by atoms with E-state index < -0.39 is 0 Å². The van der Waals surface area contributed by atoms with Crippen LogP contribution in [0.4, 0.5) is 5.95 Å². The van der Waals surface area contributed by atoms with E-state index in [-0.39, 0.29) is 0 Å². The Morgan fingerprint density at radius 1 is 1.10 bits per heavy atom. The van der Waals surface area contributed by atoms with Crippen LogP contribution in [0.3, 0.4) is 0 Å². The van der Waals surface area contributed by atoms with E-state index >= 15 is 0 Å². The van der Waals surface area contributed by atoms with Crippen LogP contribution in [0.5, 0.6) is 0 Å². The van der Waals surface area contributed by atoms with Gasteiger partial charge < -0.3 is 10.2 Å². The summed E-state index contributed by atoms with van der Waals surface area (Å²) in [5, 5.41) is 3.34. The van der Waals surface area contributed by atoms with Crippen molar-refractivity contribution in [3.05, 3.63) is 53.3 Å². The Kier molecular flexibility index (Phi) is 3.92. The predicted molar refractivity (Wildman–Crippen MR) is 81.1 cm³/mol. The first-order chi connectivity index (χ1) is 9.81. The normalized spacial score (nSPS) is 15.3. The van der Waals surface area contributed by atoms with E-state index in [4.69, 9.17) is 0 Å². The van der Waals surface area contributed by atoms with E-state index in [1.807, 2.05) is 12.4 Å². The highest BCUT2D eigenvalue weighted by molar-refractivity contribution is 5.33. The maximum Gasteiger partial charge on any atom is 0.225 e. The third-order valence-corrected chi connectivity index (χ3v) is 3.58. The average molecular weight is 268 g/mol. The van der Waals surface area contributed by atoms with Crippen molar-refractivity contribution in [1.82, 2.24) is 15.3 Å². The Morgan fingerprint density at radius 3 is 2.55 bits per heavy atom. The molecule has 2 aromatic rings. The van der Waals surface area contributed by atoms with Gasteiger partial charge >= 0.3 is 0 Å². The van der Waals surface area contributed by atoms with Gasteiger partial charge in [-0.15, -0.1) is 0 Å². The lowest BCUT2D eigenvalue weighted by Crippen LogP contribution is -2.44. The van der Waals surface area contributed by atoms with Crippen molar-refractivity contribution in [1.29, 1.82) is 0 Å². The van der Waals surface area contributed by atoms with Crippen LogP contribution < -0.4 is 10.2 Å². The van der Waals surface area contributed by atoms with Crippen LogP contribution in [0, 0.1) is 6.92 Å². The van der Waals surface area contributed by atoms with Crippen molar-refractivity contribution in [2.75, 3.05) is 31.1 Å². The third-order valence-electron chi connectivity index (χ3n) is 3.58. The number of nitrogens with zero attached hydrogens (tertiary/aromatic N) is 3. The van der Waals surface area contributed by atoms with E-state index in [0.29, 0.717) is 0 Å². The fourth-order valence-electron chi connectivity index (χ4n) is 2.53. The van der Waals surface area contributed by atoms with Crippen LogP contribution >= 0.6 is 0 Å². The quantitative estimate of drug-likeness (QED) is 0.921. The van der Waals surface area contributed by atoms with Crippen LogP contribution in [0.1, 0.15) is 16.7 Å². The van der Waals surface area contributed by atoms with Gasteiger partial charge in [0.15, 0.2) is 0 Å². The van der Waals surface area contributed by atoms with Gasteiger partial charge in [0.05, 0.1) is 0 Å². The summed E-state index contributed by atoms with van der Waals surface area (Å²) in [5.74, 6) is 0.847. The second-order valence-corrected chi connectivity index (χ2v) is 5.29. The number of aryl methyl sites for hydroxylation is 1. The molecule has 4 nitrogen and oxygen atoms in total. The molecule has 1 fully saturated rings.